The lowest BCUT2D eigenvalue weighted by Crippen LogP contribution is -2.21. The summed E-state index contributed by atoms with van der Waals surface area (Å²) in [6.45, 7) is 2.76. The molecule has 0 atom stereocenters. The number of rotatable bonds is 4. The second-order valence-electron chi connectivity index (χ2n) is 4.93. The van der Waals surface area contributed by atoms with Crippen molar-refractivity contribution < 1.29 is 34.1 Å². The number of hydrogen-bond acceptors (Lipinski definition) is 7. The van der Waals surface area contributed by atoms with E-state index < -0.39 is 23.9 Å². The summed E-state index contributed by atoms with van der Waals surface area (Å²) in [6.07, 6.45) is 2.40. The van der Waals surface area contributed by atoms with Gasteiger partial charge in [-0.25, -0.2) is 19.2 Å². The Balaban J connectivity index is 2.43. The highest BCUT2D eigenvalue weighted by molar-refractivity contribution is 6.11. The first-order valence-corrected chi connectivity index (χ1v) is 6.88. The van der Waals surface area contributed by atoms with E-state index in [0.29, 0.717) is 0 Å². The van der Waals surface area contributed by atoms with Crippen LogP contribution in [0.15, 0.2) is 24.5 Å². The summed E-state index contributed by atoms with van der Waals surface area (Å²) in [5.74, 6) is -5.28. The van der Waals surface area contributed by atoms with E-state index in [2.05, 4.69) is 14.7 Å². The van der Waals surface area contributed by atoms with E-state index >= 15 is 0 Å². The van der Waals surface area contributed by atoms with Gasteiger partial charge in [-0.05, 0) is 26.0 Å². The summed E-state index contributed by atoms with van der Waals surface area (Å²) in [4.78, 5) is 54.6. The molecule has 0 fully saturated rings. The van der Waals surface area contributed by atoms with Crippen molar-refractivity contribution >= 4 is 23.9 Å². The molecule has 2 heterocycles. The van der Waals surface area contributed by atoms with Gasteiger partial charge in [0.2, 0.25) is 0 Å². The SMILES string of the molecule is Cc1nccc(C(=O)O)c1C(=O)OC(=O)c1c(C(=O)O)ccnc1C. The molecular formula is C16H12N2O7. The average molecular weight is 344 g/mol. The largest absolute Gasteiger partial charge is 0.478 e. The first-order chi connectivity index (χ1) is 11.7. The Kier molecular flexibility index (Phi) is 4.87. The van der Waals surface area contributed by atoms with Gasteiger partial charge in [0.25, 0.3) is 0 Å². The number of pyridine rings is 2. The van der Waals surface area contributed by atoms with Crippen LogP contribution >= 0.6 is 0 Å². The lowest BCUT2D eigenvalue weighted by atomic mass is 10.1. The third-order valence-corrected chi connectivity index (χ3v) is 3.34. The van der Waals surface area contributed by atoms with Crippen molar-refractivity contribution in [2.75, 3.05) is 0 Å². The maximum Gasteiger partial charge on any atom is 0.348 e. The molecule has 9 nitrogen and oxygen atoms in total. The second kappa shape index (κ2) is 6.87. The summed E-state index contributed by atoms with van der Waals surface area (Å²) < 4.78 is 4.68. The van der Waals surface area contributed by atoms with Crippen molar-refractivity contribution in [3.05, 3.63) is 58.2 Å². The zero-order valence-corrected chi connectivity index (χ0v) is 13.1. The van der Waals surface area contributed by atoms with E-state index in [1.807, 2.05) is 0 Å². The maximum absolute atomic E-state index is 12.3. The summed E-state index contributed by atoms with van der Waals surface area (Å²) in [7, 11) is 0. The fourth-order valence-corrected chi connectivity index (χ4v) is 2.19. The predicted molar refractivity (Wildman–Crippen MR) is 81.6 cm³/mol. The molecule has 0 aliphatic heterocycles. The van der Waals surface area contributed by atoms with Gasteiger partial charge in [0.15, 0.2) is 0 Å². The van der Waals surface area contributed by atoms with Crippen LogP contribution in [-0.4, -0.2) is 44.1 Å². The quantitative estimate of drug-likeness (QED) is 0.622. The Morgan fingerprint density at radius 2 is 1.16 bits per heavy atom. The lowest BCUT2D eigenvalue weighted by molar-refractivity contribution is 0.0385. The Morgan fingerprint density at radius 1 is 0.800 bits per heavy atom. The lowest BCUT2D eigenvalue weighted by Gasteiger charge is -2.10. The number of aromatic nitrogens is 2. The summed E-state index contributed by atoms with van der Waals surface area (Å²) in [6, 6.07) is 2.18. The fraction of sp³-hybridized carbons (Fsp3) is 0.125. The van der Waals surface area contributed by atoms with E-state index in [-0.39, 0.29) is 33.6 Å². The van der Waals surface area contributed by atoms with Crippen molar-refractivity contribution in [1.82, 2.24) is 9.97 Å². The normalized spacial score (nSPS) is 10.2. The Morgan fingerprint density at radius 3 is 1.48 bits per heavy atom. The zero-order valence-electron chi connectivity index (χ0n) is 13.1. The van der Waals surface area contributed by atoms with Crippen molar-refractivity contribution in [2.24, 2.45) is 0 Å². The number of aryl methyl sites for hydroxylation is 2. The number of ether oxygens (including phenoxy) is 1. The number of esters is 2. The molecule has 2 aromatic rings. The van der Waals surface area contributed by atoms with Crippen molar-refractivity contribution in [2.45, 2.75) is 13.8 Å². The third-order valence-electron chi connectivity index (χ3n) is 3.34. The summed E-state index contributed by atoms with van der Waals surface area (Å²) in [5, 5.41) is 18.3. The number of nitrogens with zero attached hydrogens (tertiary/aromatic N) is 2. The van der Waals surface area contributed by atoms with Crippen LogP contribution in [0, 0.1) is 13.8 Å². The van der Waals surface area contributed by atoms with Gasteiger partial charge >= 0.3 is 23.9 Å². The van der Waals surface area contributed by atoms with Crippen LogP contribution in [-0.2, 0) is 4.74 Å². The number of hydrogen-bond donors (Lipinski definition) is 2. The van der Waals surface area contributed by atoms with Crippen LogP contribution < -0.4 is 0 Å². The molecule has 2 rings (SSSR count). The van der Waals surface area contributed by atoms with Crippen LogP contribution in [0.2, 0.25) is 0 Å². The molecule has 128 valence electrons. The van der Waals surface area contributed by atoms with Gasteiger partial charge in [0, 0.05) is 12.4 Å². The summed E-state index contributed by atoms with van der Waals surface area (Å²) >= 11 is 0. The van der Waals surface area contributed by atoms with Crippen LogP contribution in [0.3, 0.4) is 0 Å². The first kappa shape index (κ1) is 17.7. The molecule has 0 bridgehead atoms. The van der Waals surface area contributed by atoms with Gasteiger partial charge in [-0.2, -0.15) is 0 Å². The smallest absolute Gasteiger partial charge is 0.348 e. The third kappa shape index (κ3) is 3.50. The molecule has 0 unspecified atom stereocenters. The number of carbonyl (C=O) groups excluding carboxylic acids is 2. The molecule has 0 spiro atoms. The number of carbonyl (C=O) groups is 4. The molecule has 25 heavy (non-hydrogen) atoms. The van der Waals surface area contributed by atoms with Gasteiger partial charge in [-0.15, -0.1) is 0 Å². The van der Waals surface area contributed by atoms with Crippen molar-refractivity contribution in [3.63, 3.8) is 0 Å². The van der Waals surface area contributed by atoms with E-state index in [1.165, 1.54) is 26.2 Å². The van der Waals surface area contributed by atoms with Crippen LogP contribution in [0.1, 0.15) is 52.8 Å². The molecule has 0 radical (unpaired) electrons. The highest BCUT2D eigenvalue weighted by atomic mass is 16.6. The van der Waals surface area contributed by atoms with E-state index in [4.69, 9.17) is 10.2 Å². The monoisotopic (exact) mass is 344 g/mol. The van der Waals surface area contributed by atoms with Gasteiger partial charge < -0.3 is 14.9 Å². The Labute approximate surface area is 140 Å². The zero-order chi connectivity index (χ0) is 18.7. The van der Waals surface area contributed by atoms with Gasteiger partial charge in [0.05, 0.1) is 33.6 Å². The minimum atomic E-state index is -1.39. The molecule has 0 aliphatic rings. The molecule has 9 heteroatoms. The highest BCUT2D eigenvalue weighted by Gasteiger charge is 2.27. The summed E-state index contributed by atoms with van der Waals surface area (Å²) in [5.41, 5.74) is -1.43. The van der Waals surface area contributed by atoms with Crippen LogP contribution in [0.5, 0.6) is 0 Å². The van der Waals surface area contributed by atoms with E-state index in [1.54, 1.807) is 0 Å². The van der Waals surface area contributed by atoms with Gasteiger partial charge in [-0.1, -0.05) is 0 Å². The standard InChI is InChI=1S/C16H12N2O7/c1-7-11(9(13(19)20)3-5-17-7)15(23)25-16(24)12-8(2)18-6-4-10(12)14(21)22/h3-6H,1-2H3,(H,19,20)(H,21,22). The molecule has 0 saturated heterocycles. The molecule has 0 aromatic carbocycles. The van der Waals surface area contributed by atoms with Gasteiger partial charge in [0.1, 0.15) is 0 Å². The molecule has 2 aromatic heterocycles. The molecule has 2 N–H and O–H groups in total. The average Bonchev–Trinajstić information content (AvgIpc) is 2.53. The molecule has 0 amide bonds. The minimum Gasteiger partial charge on any atom is -0.478 e. The fourth-order valence-electron chi connectivity index (χ4n) is 2.19. The number of carboxylic acids is 2. The van der Waals surface area contributed by atoms with Crippen LogP contribution in [0.4, 0.5) is 0 Å². The number of aromatic carboxylic acids is 2. The molecular weight excluding hydrogens is 332 g/mol. The number of carboxylic acid groups (broad SMARTS) is 2. The minimum absolute atomic E-state index is 0.0547. The predicted octanol–water partition coefficient (Wildman–Crippen LogP) is 1.49. The topological polar surface area (TPSA) is 144 Å². The Bertz CT molecular complexity index is 832. The van der Waals surface area contributed by atoms with Crippen molar-refractivity contribution in [3.8, 4) is 0 Å². The van der Waals surface area contributed by atoms with E-state index in [9.17, 15) is 19.2 Å². The van der Waals surface area contributed by atoms with Crippen LogP contribution in [0.25, 0.3) is 0 Å². The highest BCUT2D eigenvalue weighted by Crippen LogP contribution is 2.18. The van der Waals surface area contributed by atoms with Crippen molar-refractivity contribution in [1.29, 1.82) is 0 Å². The first-order valence-electron chi connectivity index (χ1n) is 6.88. The molecule has 0 saturated carbocycles. The second-order valence-corrected chi connectivity index (χ2v) is 4.93. The van der Waals surface area contributed by atoms with E-state index in [0.717, 1.165) is 12.1 Å². The molecule has 0 aliphatic carbocycles. The Hall–Kier alpha value is -3.62. The maximum atomic E-state index is 12.3. The van der Waals surface area contributed by atoms with Gasteiger partial charge in [-0.3, -0.25) is 9.97 Å².